The minimum absolute atomic E-state index is 0.0952. The average Bonchev–Trinajstić information content (AvgIpc) is 3.23. The number of aromatic nitrogens is 1. The number of carbonyl (C=O) groups excluding carboxylic acids is 1. The molecule has 2 aromatic rings. The van der Waals surface area contributed by atoms with Gasteiger partial charge in [0.1, 0.15) is 5.82 Å². The highest BCUT2D eigenvalue weighted by atomic mass is 35.5. The first-order valence-electron chi connectivity index (χ1n) is 8.95. The lowest BCUT2D eigenvalue weighted by Gasteiger charge is -2.35. The van der Waals surface area contributed by atoms with Crippen molar-refractivity contribution in [1.82, 2.24) is 20.7 Å². The van der Waals surface area contributed by atoms with Crippen LogP contribution in [-0.4, -0.2) is 48.5 Å². The number of benzene rings is 1. The molecule has 0 radical (unpaired) electrons. The summed E-state index contributed by atoms with van der Waals surface area (Å²) in [5.74, 6) is 1.00. The topological polar surface area (TPSA) is 60.5 Å². The van der Waals surface area contributed by atoms with E-state index in [0.717, 1.165) is 37.4 Å². The van der Waals surface area contributed by atoms with Gasteiger partial charge in [0.05, 0.1) is 5.02 Å². The molecular formula is C19H22ClN5O. The number of amides is 1. The Labute approximate surface area is 158 Å². The van der Waals surface area contributed by atoms with E-state index in [2.05, 4.69) is 20.7 Å². The Bertz CT molecular complexity index is 751. The van der Waals surface area contributed by atoms with E-state index in [-0.39, 0.29) is 5.91 Å². The fourth-order valence-electron chi connectivity index (χ4n) is 3.47. The summed E-state index contributed by atoms with van der Waals surface area (Å²) in [5.41, 5.74) is 8.34. The van der Waals surface area contributed by atoms with Crippen LogP contribution < -0.4 is 15.8 Å². The summed E-state index contributed by atoms with van der Waals surface area (Å²) in [5, 5.41) is 0.634. The second-order valence-electron chi connectivity index (χ2n) is 6.65. The molecule has 1 atom stereocenters. The molecule has 2 aliphatic rings. The van der Waals surface area contributed by atoms with Crippen LogP contribution in [0.5, 0.6) is 0 Å². The van der Waals surface area contributed by atoms with Crippen molar-refractivity contribution >= 4 is 23.3 Å². The highest BCUT2D eigenvalue weighted by molar-refractivity contribution is 6.30. The Morgan fingerprint density at radius 2 is 1.85 bits per heavy atom. The molecule has 26 heavy (non-hydrogen) atoms. The van der Waals surface area contributed by atoms with Crippen LogP contribution in [0.4, 0.5) is 5.82 Å². The molecule has 0 bridgehead atoms. The summed E-state index contributed by atoms with van der Waals surface area (Å²) in [6.45, 7) is 3.91. The first-order chi connectivity index (χ1) is 12.7. The highest BCUT2D eigenvalue weighted by Crippen LogP contribution is 2.21. The SMILES string of the molecule is O=C(c1ccc(C2CCNN2)cc1)N1CCN(c2ccc(Cl)cn2)CC1. The monoisotopic (exact) mass is 371 g/mol. The molecule has 0 spiro atoms. The Kier molecular flexibility index (Phi) is 5.06. The summed E-state index contributed by atoms with van der Waals surface area (Å²) in [6.07, 6.45) is 2.72. The molecule has 2 aliphatic heterocycles. The molecule has 1 amide bonds. The third-order valence-electron chi connectivity index (χ3n) is 5.00. The van der Waals surface area contributed by atoms with Crippen LogP contribution in [0.3, 0.4) is 0 Å². The number of carbonyl (C=O) groups is 1. The summed E-state index contributed by atoms with van der Waals surface area (Å²) >= 11 is 5.89. The number of hydrogen-bond acceptors (Lipinski definition) is 5. The molecule has 0 aliphatic carbocycles. The number of hydrogen-bond donors (Lipinski definition) is 2. The van der Waals surface area contributed by atoms with Gasteiger partial charge in [0.25, 0.3) is 5.91 Å². The van der Waals surface area contributed by atoms with Crippen molar-refractivity contribution in [3.05, 3.63) is 58.7 Å². The smallest absolute Gasteiger partial charge is 0.253 e. The summed E-state index contributed by atoms with van der Waals surface area (Å²) in [6, 6.07) is 12.1. The number of halogens is 1. The maximum absolute atomic E-state index is 12.8. The van der Waals surface area contributed by atoms with Gasteiger partial charge in [0.15, 0.2) is 0 Å². The summed E-state index contributed by atoms with van der Waals surface area (Å²) in [7, 11) is 0. The zero-order chi connectivity index (χ0) is 17.9. The van der Waals surface area contributed by atoms with Crippen LogP contribution in [0.25, 0.3) is 0 Å². The lowest BCUT2D eigenvalue weighted by molar-refractivity contribution is 0.0746. The van der Waals surface area contributed by atoms with Crippen molar-refractivity contribution in [2.24, 2.45) is 0 Å². The fraction of sp³-hybridized carbons (Fsp3) is 0.368. The maximum atomic E-state index is 12.8. The molecule has 2 N–H and O–H groups in total. The van der Waals surface area contributed by atoms with Crippen molar-refractivity contribution in [1.29, 1.82) is 0 Å². The van der Waals surface area contributed by atoms with Gasteiger partial charge in [-0.25, -0.2) is 4.98 Å². The second-order valence-corrected chi connectivity index (χ2v) is 7.08. The predicted octanol–water partition coefficient (Wildman–Crippen LogP) is 2.24. The van der Waals surface area contributed by atoms with Gasteiger partial charge in [-0.15, -0.1) is 0 Å². The van der Waals surface area contributed by atoms with E-state index in [4.69, 9.17) is 11.6 Å². The number of hydrazine groups is 1. The number of pyridine rings is 1. The zero-order valence-electron chi connectivity index (χ0n) is 14.5. The number of nitrogens with one attached hydrogen (secondary N) is 2. The lowest BCUT2D eigenvalue weighted by atomic mass is 10.0. The molecule has 0 saturated carbocycles. The lowest BCUT2D eigenvalue weighted by Crippen LogP contribution is -2.49. The number of anilines is 1. The quantitative estimate of drug-likeness (QED) is 0.866. The van der Waals surface area contributed by atoms with Crippen LogP contribution in [0.1, 0.15) is 28.4 Å². The van der Waals surface area contributed by atoms with Crippen molar-refractivity contribution in [3.8, 4) is 0 Å². The largest absolute Gasteiger partial charge is 0.353 e. The van der Waals surface area contributed by atoms with Crippen molar-refractivity contribution in [3.63, 3.8) is 0 Å². The van der Waals surface area contributed by atoms with E-state index in [1.807, 2.05) is 41.3 Å². The van der Waals surface area contributed by atoms with E-state index in [0.29, 0.717) is 24.2 Å². The minimum atomic E-state index is 0.0952. The third kappa shape index (κ3) is 3.67. The van der Waals surface area contributed by atoms with Gasteiger partial charge in [-0.1, -0.05) is 23.7 Å². The van der Waals surface area contributed by atoms with Gasteiger partial charge in [-0.05, 0) is 36.2 Å². The average molecular weight is 372 g/mol. The molecule has 2 fully saturated rings. The molecule has 3 heterocycles. The molecule has 1 unspecified atom stereocenters. The van der Waals surface area contributed by atoms with E-state index < -0.39 is 0 Å². The Morgan fingerprint density at radius 1 is 1.08 bits per heavy atom. The molecule has 1 aromatic heterocycles. The fourth-order valence-corrected chi connectivity index (χ4v) is 3.58. The molecular weight excluding hydrogens is 350 g/mol. The van der Waals surface area contributed by atoms with Crippen LogP contribution in [0.15, 0.2) is 42.6 Å². The summed E-state index contributed by atoms with van der Waals surface area (Å²) in [4.78, 5) is 21.2. The number of rotatable bonds is 3. The molecule has 7 heteroatoms. The van der Waals surface area contributed by atoms with Gasteiger partial charge in [0.2, 0.25) is 0 Å². The Morgan fingerprint density at radius 3 is 2.46 bits per heavy atom. The Hall–Kier alpha value is -2.15. The van der Waals surface area contributed by atoms with E-state index in [1.165, 1.54) is 5.56 Å². The van der Waals surface area contributed by atoms with Gasteiger partial charge in [-0.2, -0.15) is 0 Å². The number of nitrogens with zero attached hydrogens (tertiary/aromatic N) is 3. The van der Waals surface area contributed by atoms with Crippen molar-refractivity contribution in [2.75, 3.05) is 37.6 Å². The van der Waals surface area contributed by atoms with Gasteiger partial charge < -0.3 is 9.80 Å². The van der Waals surface area contributed by atoms with Crippen molar-refractivity contribution in [2.45, 2.75) is 12.5 Å². The van der Waals surface area contributed by atoms with Gasteiger partial charge >= 0.3 is 0 Å². The normalized spacial score (nSPS) is 20.4. The second kappa shape index (κ2) is 7.61. The summed E-state index contributed by atoms with van der Waals surface area (Å²) < 4.78 is 0. The van der Waals surface area contributed by atoms with Crippen LogP contribution >= 0.6 is 11.6 Å². The first kappa shape index (κ1) is 17.3. The standard InChI is InChI=1S/C19H22ClN5O/c20-16-5-6-18(21-13-16)24-9-11-25(12-10-24)19(26)15-3-1-14(2-4-15)17-7-8-22-23-17/h1-6,13,17,22-23H,7-12H2. The van der Waals surface area contributed by atoms with Crippen molar-refractivity contribution < 1.29 is 4.79 Å². The first-order valence-corrected chi connectivity index (χ1v) is 9.32. The molecule has 136 valence electrons. The van der Waals surface area contributed by atoms with Crippen LogP contribution in [0, 0.1) is 0 Å². The minimum Gasteiger partial charge on any atom is -0.353 e. The molecule has 6 nitrogen and oxygen atoms in total. The van der Waals surface area contributed by atoms with Crippen LogP contribution in [0.2, 0.25) is 5.02 Å². The van der Waals surface area contributed by atoms with E-state index in [9.17, 15) is 4.79 Å². The van der Waals surface area contributed by atoms with Gasteiger partial charge in [0, 0.05) is 50.5 Å². The van der Waals surface area contributed by atoms with E-state index in [1.54, 1.807) is 6.20 Å². The maximum Gasteiger partial charge on any atom is 0.253 e. The third-order valence-corrected chi connectivity index (χ3v) is 5.22. The molecule has 4 rings (SSSR count). The Balaban J connectivity index is 1.36. The molecule has 1 aromatic carbocycles. The van der Waals surface area contributed by atoms with E-state index >= 15 is 0 Å². The van der Waals surface area contributed by atoms with Gasteiger partial charge in [-0.3, -0.25) is 15.6 Å². The molecule has 2 saturated heterocycles. The van der Waals surface area contributed by atoms with Crippen LogP contribution in [-0.2, 0) is 0 Å². The predicted molar refractivity (Wildman–Crippen MR) is 102 cm³/mol. The zero-order valence-corrected chi connectivity index (χ0v) is 15.2. The highest BCUT2D eigenvalue weighted by Gasteiger charge is 2.23. The number of piperazine rings is 1.